The predicted molar refractivity (Wildman–Crippen MR) is 74.7 cm³/mol. The van der Waals surface area contributed by atoms with Gasteiger partial charge >= 0.3 is 11.9 Å². The van der Waals surface area contributed by atoms with Crippen molar-refractivity contribution in [3.63, 3.8) is 0 Å². The third-order valence-electron chi connectivity index (χ3n) is 2.73. The monoisotopic (exact) mass is 357 g/mol. The molecule has 0 fully saturated rings. The number of nitrogens with one attached hydrogen (secondary N) is 1. The molecule has 0 aromatic heterocycles. The average Bonchev–Trinajstić information content (AvgIpc) is 2.41. The summed E-state index contributed by atoms with van der Waals surface area (Å²) < 4.78 is 43.3. The van der Waals surface area contributed by atoms with Crippen molar-refractivity contribution in [2.24, 2.45) is 0 Å². The van der Waals surface area contributed by atoms with Crippen LogP contribution in [0.15, 0.2) is 6.07 Å². The highest BCUT2D eigenvalue weighted by Gasteiger charge is 2.41. The minimum atomic E-state index is -5.07. The molecule has 8 nitrogen and oxygen atoms in total. The molecular formula is C11H11ClF3N3O5. The van der Waals surface area contributed by atoms with Crippen molar-refractivity contribution in [2.45, 2.75) is 12.6 Å². The van der Waals surface area contributed by atoms with Gasteiger partial charge < -0.3 is 10.1 Å². The van der Waals surface area contributed by atoms with Crippen LogP contribution < -0.4 is 5.32 Å². The fourth-order valence-electron chi connectivity index (χ4n) is 1.76. The molecule has 23 heavy (non-hydrogen) atoms. The predicted octanol–water partition coefficient (Wildman–Crippen LogP) is 3.62. The fourth-order valence-corrected chi connectivity index (χ4v) is 2.08. The Morgan fingerprint density at radius 1 is 1.30 bits per heavy atom. The summed E-state index contributed by atoms with van der Waals surface area (Å²) in [5, 5.41) is 23.2. The van der Waals surface area contributed by atoms with Crippen molar-refractivity contribution < 1.29 is 27.8 Å². The van der Waals surface area contributed by atoms with Crippen LogP contribution >= 0.6 is 11.6 Å². The van der Waals surface area contributed by atoms with Gasteiger partial charge in [-0.1, -0.05) is 11.6 Å². The van der Waals surface area contributed by atoms with Gasteiger partial charge in [-0.3, -0.25) is 20.2 Å². The van der Waals surface area contributed by atoms with E-state index in [9.17, 15) is 33.4 Å². The summed E-state index contributed by atoms with van der Waals surface area (Å²) in [6, 6.07) is 0.175. The molecule has 0 unspecified atom stereocenters. The molecule has 0 aliphatic rings. The number of methoxy groups -OCH3 is 1. The van der Waals surface area contributed by atoms with E-state index in [2.05, 4.69) is 5.32 Å². The molecule has 0 bridgehead atoms. The van der Waals surface area contributed by atoms with Gasteiger partial charge in [0, 0.05) is 26.3 Å². The van der Waals surface area contributed by atoms with Gasteiger partial charge in [0.25, 0.3) is 5.69 Å². The molecule has 0 radical (unpaired) electrons. The van der Waals surface area contributed by atoms with Crippen LogP contribution in [-0.2, 0) is 10.9 Å². The number of nitrogens with zero attached hydrogens (tertiary/aromatic N) is 2. The van der Waals surface area contributed by atoms with Crippen LogP contribution in [0.5, 0.6) is 0 Å². The maximum atomic E-state index is 12.9. The van der Waals surface area contributed by atoms with Crippen molar-refractivity contribution in [1.29, 1.82) is 0 Å². The Balaban J connectivity index is 3.49. The first-order chi connectivity index (χ1) is 10.6. The van der Waals surface area contributed by atoms with E-state index in [1.54, 1.807) is 0 Å². The number of alkyl halides is 3. The van der Waals surface area contributed by atoms with E-state index in [0.29, 0.717) is 6.42 Å². The van der Waals surface area contributed by atoms with E-state index in [0.717, 1.165) is 0 Å². The third kappa shape index (κ3) is 4.42. The Kier molecular flexibility index (Phi) is 6.10. The Morgan fingerprint density at radius 2 is 1.91 bits per heavy atom. The molecule has 128 valence electrons. The van der Waals surface area contributed by atoms with Crippen LogP contribution in [0.3, 0.4) is 0 Å². The molecule has 0 atom stereocenters. The first-order valence-corrected chi connectivity index (χ1v) is 6.44. The van der Waals surface area contributed by atoms with Crippen LogP contribution in [-0.4, -0.2) is 30.1 Å². The number of hydrogen-bond acceptors (Lipinski definition) is 6. The van der Waals surface area contributed by atoms with Crippen molar-refractivity contribution in [1.82, 2.24) is 0 Å². The van der Waals surface area contributed by atoms with Gasteiger partial charge in [0.2, 0.25) is 0 Å². The molecule has 1 rings (SSSR count). The number of halogens is 4. The molecule has 0 saturated heterocycles. The zero-order valence-corrected chi connectivity index (χ0v) is 12.4. The number of nitro groups is 2. The van der Waals surface area contributed by atoms with Crippen LogP contribution in [0.2, 0.25) is 5.02 Å². The first kappa shape index (κ1) is 18.9. The Morgan fingerprint density at radius 3 is 2.35 bits per heavy atom. The molecule has 0 saturated carbocycles. The highest BCUT2D eigenvalue weighted by molar-refractivity contribution is 6.34. The van der Waals surface area contributed by atoms with E-state index >= 15 is 0 Å². The number of rotatable bonds is 7. The SMILES string of the molecule is COCCCNc1c([N+](=O)[O-])cc(C(F)(F)F)c(Cl)c1[N+](=O)[O-]. The topological polar surface area (TPSA) is 108 Å². The number of nitro benzene ring substituents is 2. The zero-order chi connectivity index (χ0) is 17.8. The minimum Gasteiger partial charge on any atom is -0.385 e. The standard InChI is InChI=1S/C11H11ClF3N3O5/c1-23-4-2-3-16-9-7(17(19)20)5-6(11(13,14)15)8(12)10(9)18(21)22/h5,16H,2-4H2,1H3. The molecule has 1 N–H and O–H groups in total. The minimum absolute atomic E-state index is 0.0111. The van der Waals surface area contributed by atoms with E-state index in [4.69, 9.17) is 16.3 Å². The fraction of sp³-hybridized carbons (Fsp3) is 0.455. The Bertz CT molecular complexity index is 624. The normalized spacial score (nSPS) is 11.3. The van der Waals surface area contributed by atoms with E-state index in [-0.39, 0.29) is 19.2 Å². The van der Waals surface area contributed by atoms with Gasteiger partial charge in [-0.2, -0.15) is 13.2 Å². The largest absolute Gasteiger partial charge is 0.418 e. The summed E-state index contributed by atoms with van der Waals surface area (Å²) in [6.45, 7) is 0.264. The molecule has 0 aliphatic heterocycles. The highest BCUT2D eigenvalue weighted by Crippen LogP contribution is 2.47. The quantitative estimate of drug-likeness (QED) is 0.453. The second-order valence-corrected chi connectivity index (χ2v) is 4.64. The van der Waals surface area contributed by atoms with Gasteiger partial charge in [0.1, 0.15) is 5.02 Å². The van der Waals surface area contributed by atoms with E-state index < -0.39 is 43.7 Å². The maximum Gasteiger partial charge on any atom is 0.418 e. The number of ether oxygens (including phenoxy) is 1. The van der Waals surface area contributed by atoms with Gasteiger partial charge in [0.05, 0.1) is 15.4 Å². The van der Waals surface area contributed by atoms with Gasteiger partial charge in [-0.25, -0.2) is 0 Å². The van der Waals surface area contributed by atoms with Crippen LogP contribution in [0, 0.1) is 20.2 Å². The summed E-state index contributed by atoms with van der Waals surface area (Å²) in [6.07, 6.45) is -4.75. The number of anilines is 1. The Hall–Kier alpha value is -2.14. The van der Waals surface area contributed by atoms with E-state index in [1.165, 1.54) is 7.11 Å². The number of hydrogen-bond donors (Lipinski definition) is 1. The van der Waals surface area contributed by atoms with Crippen LogP contribution in [0.4, 0.5) is 30.2 Å². The molecule has 0 aliphatic carbocycles. The highest BCUT2D eigenvalue weighted by atomic mass is 35.5. The van der Waals surface area contributed by atoms with Crippen molar-refractivity contribution >= 4 is 28.7 Å². The second kappa shape index (κ2) is 7.42. The summed E-state index contributed by atoms with van der Waals surface area (Å²) in [7, 11) is 1.40. The smallest absolute Gasteiger partial charge is 0.385 e. The van der Waals surface area contributed by atoms with Gasteiger partial charge in [0.15, 0.2) is 5.69 Å². The summed E-state index contributed by atoms with van der Waals surface area (Å²) >= 11 is 5.46. The summed E-state index contributed by atoms with van der Waals surface area (Å²) in [4.78, 5) is 19.7. The molecular weight excluding hydrogens is 347 g/mol. The average molecular weight is 358 g/mol. The van der Waals surface area contributed by atoms with Crippen LogP contribution in [0.1, 0.15) is 12.0 Å². The molecule has 0 spiro atoms. The maximum absolute atomic E-state index is 12.9. The van der Waals surface area contributed by atoms with Gasteiger partial charge in [-0.15, -0.1) is 0 Å². The van der Waals surface area contributed by atoms with Gasteiger partial charge in [-0.05, 0) is 6.42 Å². The second-order valence-electron chi connectivity index (χ2n) is 4.27. The molecule has 0 heterocycles. The van der Waals surface area contributed by atoms with Crippen molar-refractivity contribution in [3.8, 4) is 0 Å². The van der Waals surface area contributed by atoms with Crippen molar-refractivity contribution in [2.75, 3.05) is 25.6 Å². The van der Waals surface area contributed by atoms with Crippen LogP contribution in [0.25, 0.3) is 0 Å². The van der Waals surface area contributed by atoms with Crippen molar-refractivity contribution in [3.05, 3.63) is 36.9 Å². The lowest BCUT2D eigenvalue weighted by Gasteiger charge is -2.13. The lowest BCUT2D eigenvalue weighted by molar-refractivity contribution is -0.392. The Labute approximate surface area is 132 Å². The van der Waals surface area contributed by atoms with E-state index in [1.807, 2.05) is 0 Å². The molecule has 1 aromatic carbocycles. The third-order valence-corrected chi connectivity index (χ3v) is 3.11. The lowest BCUT2D eigenvalue weighted by Crippen LogP contribution is -2.13. The molecule has 12 heteroatoms. The first-order valence-electron chi connectivity index (χ1n) is 6.06. The summed E-state index contributed by atoms with van der Waals surface area (Å²) in [5.74, 6) is 0. The lowest BCUT2D eigenvalue weighted by atomic mass is 10.1. The molecule has 0 amide bonds. The summed E-state index contributed by atoms with van der Waals surface area (Å²) in [5.41, 5.74) is -4.58. The molecule has 1 aromatic rings. The number of benzene rings is 1. The zero-order valence-electron chi connectivity index (χ0n) is 11.6.